The molecule has 90 valence electrons. The molecule has 1 heterocycles. The van der Waals surface area contributed by atoms with Crippen LogP contribution in [0.5, 0.6) is 0 Å². The summed E-state index contributed by atoms with van der Waals surface area (Å²) in [5.41, 5.74) is 0. The Morgan fingerprint density at radius 3 is 2.81 bits per heavy atom. The number of rotatable bonds is 6. The summed E-state index contributed by atoms with van der Waals surface area (Å²) >= 11 is 0. The summed E-state index contributed by atoms with van der Waals surface area (Å²) in [6.45, 7) is 6.58. The molecular weight excluding hydrogens is 204 g/mol. The first-order valence-electron chi connectivity index (χ1n) is 5.72. The minimum Gasteiger partial charge on any atom is -0.468 e. The average molecular weight is 224 g/mol. The molecule has 1 aromatic heterocycles. The second-order valence-electron chi connectivity index (χ2n) is 3.92. The van der Waals surface area contributed by atoms with Crippen LogP contribution in [-0.4, -0.2) is 18.5 Å². The monoisotopic (exact) mass is 224 g/mol. The number of hydrogen-bond acceptors (Lipinski definition) is 3. The molecule has 0 aliphatic rings. The molecule has 4 nitrogen and oxygen atoms in total. The highest BCUT2D eigenvalue weighted by molar-refractivity contribution is 5.81. The third-order valence-corrected chi connectivity index (χ3v) is 2.41. The van der Waals surface area contributed by atoms with Crippen molar-refractivity contribution in [3.63, 3.8) is 0 Å². The van der Waals surface area contributed by atoms with Gasteiger partial charge < -0.3 is 9.73 Å². The van der Waals surface area contributed by atoms with Crippen molar-refractivity contribution in [1.29, 1.82) is 0 Å². The maximum absolute atomic E-state index is 11.6. The summed E-state index contributed by atoms with van der Waals surface area (Å²) in [6, 6.07) is 3.56. The molecule has 0 saturated heterocycles. The molecule has 4 heteroatoms. The average Bonchev–Trinajstić information content (AvgIpc) is 2.79. The molecule has 0 aliphatic carbocycles. The Morgan fingerprint density at radius 1 is 1.50 bits per heavy atom. The van der Waals surface area contributed by atoms with Crippen LogP contribution in [0.25, 0.3) is 0 Å². The van der Waals surface area contributed by atoms with Crippen molar-refractivity contribution in [1.82, 2.24) is 10.6 Å². The predicted octanol–water partition coefficient (Wildman–Crippen LogP) is 1.84. The lowest BCUT2D eigenvalue weighted by molar-refractivity contribution is -0.122. The lowest BCUT2D eigenvalue weighted by Crippen LogP contribution is -2.43. The Labute approximate surface area is 96.4 Å². The number of carbonyl (C=O) groups excluding carboxylic acids is 1. The van der Waals surface area contributed by atoms with E-state index in [1.165, 1.54) is 0 Å². The van der Waals surface area contributed by atoms with Gasteiger partial charge in [-0.15, -0.1) is 0 Å². The fourth-order valence-corrected chi connectivity index (χ4v) is 1.47. The molecule has 0 radical (unpaired) electrons. The molecule has 2 N–H and O–H groups in total. The van der Waals surface area contributed by atoms with Crippen LogP contribution >= 0.6 is 0 Å². The van der Waals surface area contributed by atoms with Crippen LogP contribution in [0, 0.1) is 0 Å². The van der Waals surface area contributed by atoms with E-state index in [1.807, 2.05) is 32.9 Å². The van der Waals surface area contributed by atoms with E-state index in [0.29, 0.717) is 0 Å². The quantitative estimate of drug-likeness (QED) is 0.775. The number of carbonyl (C=O) groups is 1. The molecule has 0 aliphatic heterocycles. The zero-order chi connectivity index (χ0) is 12.0. The van der Waals surface area contributed by atoms with Crippen LogP contribution < -0.4 is 10.6 Å². The lowest BCUT2D eigenvalue weighted by atomic mass is 10.2. The van der Waals surface area contributed by atoms with Gasteiger partial charge in [0.15, 0.2) is 0 Å². The highest BCUT2D eigenvalue weighted by atomic mass is 16.3. The Kier molecular flexibility index (Phi) is 5.05. The molecule has 0 saturated carbocycles. The van der Waals surface area contributed by atoms with Crippen molar-refractivity contribution < 1.29 is 9.21 Å². The van der Waals surface area contributed by atoms with Gasteiger partial charge in [0.25, 0.3) is 0 Å². The molecule has 1 aromatic rings. The van der Waals surface area contributed by atoms with Gasteiger partial charge in [0.1, 0.15) is 5.76 Å². The van der Waals surface area contributed by atoms with Gasteiger partial charge in [0.2, 0.25) is 5.91 Å². The molecule has 1 rings (SSSR count). The fourth-order valence-electron chi connectivity index (χ4n) is 1.47. The van der Waals surface area contributed by atoms with Crippen molar-refractivity contribution in [2.75, 3.05) is 6.54 Å². The summed E-state index contributed by atoms with van der Waals surface area (Å²) in [5.74, 6) is 0.871. The second-order valence-corrected chi connectivity index (χ2v) is 3.92. The van der Waals surface area contributed by atoms with Crippen LogP contribution in [0.2, 0.25) is 0 Å². The van der Waals surface area contributed by atoms with E-state index in [1.54, 1.807) is 6.26 Å². The Hall–Kier alpha value is -1.29. The molecular formula is C12H20N2O2. The van der Waals surface area contributed by atoms with Crippen LogP contribution in [0.1, 0.15) is 39.0 Å². The minimum atomic E-state index is -0.216. The summed E-state index contributed by atoms with van der Waals surface area (Å²) < 4.78 is 5.26. The van der Waals surface area contributed by atoms with Gasteiger partial charge in [-0.3, -0.25) is 10.1 Å². The first-order chi connectivity index (χ1) is 7.65. The van der Waals surface area contributed by atoms with Crippen LogP contribution in [0.15, 0.2) is 22.8 Å². The molecule has 1 amide bonds. The van der Waals surface area contributed by atoms with E-state index in [0.717, 1.165) is 18.7 Å². The van der Waals surface area contributed by atoms with Crippen LogP contribution in [0.3, 0.4) is 0 Å². The van der Waals surface area contributed by atoms with Crippen molar-refractivity contribution in [3.8, 4) is 0 Å². The molecule has 0 spiro atoms. The van der Waals surface area contributed by atoms with Gasteiger partial charge in [-0.1, -0.05) is 6.92 Å². The Balaban J connectivity index is 2.38. The third kappa shape index (κ3) is 3.70. The highest BCUT2D eigenvalue weighted by Crippen LogP contribution is 2.12. The fraction of sp³-hybridized carbons (Fsp3) is 0.583. The number of nitrogens with one attached hydrogen (secondary N) is 2. The molecule has 0 bridgehead atoms. The van der Waals surface area contributed by atoms with E-state index >= 15 is 0 Å². The second kappa shape index (κ2) is 6.33. The number of amides is 1. The number of hydrogen-bond donors (Lipinski definition) is 2. The molecule has 16 heavy (non-hydrogen) atoms. The van der Waals surface area contributed by atoms with Gasteiger partial charge in [-0.2, -0.15) is 0 Å². The predicted molar refractivity (Wildman–Crippen MR) is 63.0 cm³/mol. The van der Waals surface area contributed by atoms with Gasteiger partial charge in [-0.05, 0) is 32.4 Å². The number of furan rings is 1. The van der Waals surface area contributed by atoms with Gasteiger partial charge >= 0.3 is 0 Å². The lowest BCUT2D eigenvalue weighted by Gasteiger charge is -2.17. The van der Waals surface area contributed by atoms with Crippen LogP contribution in [-0.2, 0) is 4.79 Å². The first-order valence-corrected chi connectivity index (χ1v) is 5.72. The van der Waals surface area contributed by atoms with E-state index in [9.17, 15) is 4.79 Å². The topological polar surface area (TPSA) is 54.3 Å². The van der Waals surface area contributed by atoms with Crippen molar-refractivity contribution in [3.05, 3.63) is 24.2 Å². The van der Waals surface area contributed by atoms with E-state index in [-0.39, 0.29) is 18.0 Å². The summed E-state index contributed by atoms with van der Waals surface area (Å²) in [4.78, 5) is 11.6. The standard InChI is InChI=1S/C12H20N2O2/c1-4-7-13-12(15)10(3)14-9(2)11-6-5-8-16-11/h5-6,8-10,14H,4,7H2,1-3H3,(H,13,15). The highest BCUT2D eigenvalue weighted by Gasteiger charge is 2.16. The smallest absolute Gasteiger partial charge is 0.236 e. The summed E-state index contributed by atoms with van der Waals surface area (Å²) in [7, 11) is 0. The third-order valence-electron chi connectivity index (χ3n) is 2.41. The van der Waals surface area contributed by atoms with Crippen LogP contribution in [0.4, 0.5) is 0 Å². The Bertz CT molecular complexity index is 309. The maximum Gasteiger partial charge on any atom is 0.236 e. The zero-order valence-electron chi connectivity index (χ0n) is 10.1. The molecule has 0 fully saturated rings. The van der Waals surface area contributed by atoms with Crippen molar-refractivity contribution >= 4 is 5.91 Å². The molecule has 2 atom stereocenters. The molecule has 0 aromatic carbocycles. The normalized spacial score (nSPS) is 14.4. The summed E-state index contributed by atoms with van der Waals surface area (Å²) in [5, 5.41) is 6.04. The minimum absolute atomic E-state index is 0.0280. The van der Waals surface area contributed by atoms with Crippen molar-refractivity contribution in [2.24, 2.45) is 0 Å². The van der Waals surface area contributed by atoms with Gasteiger partial charge in [0.05, 0.1) is 18.3 Å². The van der Waals surface area contributed by atoms with E-state index < -0.39 is 0 Å². The van der Waals surface area contributed by atoms with E-state index in [4.69, 9.17) is 4.42 Å². The largest absolute Gasteiger partial charge is 0.468 e. The van der Waals surface area contributed by atoms with Gasteiger partial charge in [0, 0.05) is 6.54 Å². The first kappa shape index (κ1) is 12.8. The van der Waals surface area contributed by atoms with E-state index in [2.05, 4.69) is 10.6 Å². The maximum atomic E-state index is 11.6. The zero-order valence-corrected chi connectivity index (χ0v) is 10.1. The van der Waals surface area contributed by atoms with Gasteiger partial charge in [-0.25, -0.2) is 0 Å². The molecule has 2 unspecified atom stereocenters. The Morgan fingerprint density at radius 2 is 2.25 bits per heavy atom. The summed E-state index contributed by atoms with van der Waals surface area (Å²) in [6.07, 6.45) is 2.58. The SMILES string of the molecule is CCCNC(=O)C(C)NC(C)c1ccco1. The van der Waals surface area contributed by atoms with Crippen molar-refractivity contribution in [2.45, 2.75) is 39.3 Å².